The molecule has 5 nitrogen and oxygen atoms in total. The molecule has 1 aromatic rings. The first-order valence-corrected chi connectivity index (χ1v) is 6.30. The number of nitrogens with one attached hydrogen (secondary N) is 2. The molecule has 1 aliphatic rings. The molecule has 0 saturated carbocycles. The van der Waals surface area contributed by atoms with E-state index in [4.69, 9.17) is 0 Å². The zero-order valence-corrected chi connectivity index (χ0v) is 10.3. The molecule has 1 aliphatic heterocycles. The van der Waals surface area contributed by atoms with E-state index in [1.165, 1.54) is 18.4 Å². The van der Waals surface area contributed by atoms with Crippen molar-refractivity contribution in [3.05, 3.63) is 16.3 Å². The first kappa shape index (κ1) is 12.1. The molecule has 0 spiro atoms. The van der Waals surface area contributed by atoms with E-state index in [0.29, 0.717) is 10.6 Å². The van der Waals surface area contributed by atoms with Gasteiger partial charge in [-0.2, -0.15) is 0 Å². The van der Waals surface area contributed by atoms with Crippen molar-refractivity contribution >= 4 is 28.9 Å². The summed E-state index contributed by atoms with van der Waals surface area (Å²) in [4.78, 5) is 23.7. The summed E-state index contributed by atoms with van der Waals surface area (Å²) in [5, 5.41) is 7.62. The molecule has 6 heteroatoms. The van der Waals surface area contributed by atoms with Gasteiger partial charge in [0.15, 0.2) is 0 Å². The van der Waals surface area contributed by atoms with Crippen molar-refractivity contribution < 1.29 is 14.3 Å². The number of carbonyl (C=O) groups excluding carboxylic acids is 2. The third-order valence-electron chi connectivity index (χ3n) is 2.67. The number of ether oxygens (including phenoxy) is 1. The number of rotatable bonds is 3. The first-order valence-electron chi connectivity index (χ1n) is 5.42. The van der Waals surface area contributed by atoms with E-state index < -0.39 is 5.97 Å². The van der Waals surface area contributed by atoms with Crippen molar-refractivity contribution in [2.24, 2.45) is 0 Å². The van der Waals surface area contributed by atoms with Gasteiger partial charge in [0.2, 0.25) is 5.91 Å². The Morgan fingerprint density at radius 2 is 2.41 bits per heavy atom. The summed E-state index contributed by atoms with van der Waals surface area (Å²) >= 11 is 1.26. The van der Waals surface area contributed by atoms with Gasteiger partial charge in [0.25, 0.3) is 0 Å². The van der Waals surface area contributed by atoms with Crippen molar-refractivity contribution in [3.8, 4) is 0 Å². The summed E-state index contributed by atoms with van der Waals surface area (Å²) in [5.41, 5.74) is 0.528. The molecule has 2 heterocycles. The van der Waals surface area contributed by atoms with Gasteiger partial charge in [-0.3, -0.25) is 4.79 Å². The van der Waals surface area contributed by atoms with Gasteiger partial charge in [-0.05, 0) is 30.8 Å². The van der Waals surface area contributed by atoms with Crippen LogP contribution in [-0.4, -0.2) is 31.6 Å². The zero-order valence-electron chi connectivity index (χ0n) is 9.49. The highest BCUT2D eigenvalue weighted by molar-refractivity contribution is 7.12. The van der Waals surface area contributed by atoms with E-state index in [1.54, 1.807) is 11.4 Å². The maximum absolute atomic E-state index is 11.9. The average molecular weight is 254 g/mol. The molecule has 0 bridgehead atoms. The van der Waals surface area contributed by atoms with E-state index in [9.17, 15) is 9.59 Å². The number of amides is 1. The molecule has 0 aliphatic carbocycles. The van der Waals surface area contributed by atoms with Crippen LogP contribution in [0.1, 0.15) is 22.5 Å². The Kier molecular flexibility index (Phi) is 3.75. The summed E-state index contributed by atoms with van der Waals surface area (Å²) < 4.78 is 4.65. The number of thiophene rings is 1. The zero-order chi connectivity index (χ0) is 12.3. The summed E-state index contributed by atoms with van der Waals surface area (Å²) in [6.07, 6.45) is 1.84. The minimum absolute atomic E-state index is 0.0916. The number of esters is 1. The molecule has 1 atom stereocenters. The van der Waals surface area contributed by atoms with E-state index in [2.05, 4.69) is 15.4 Å². The minimum Gasteiger partial charge on any atom is -0.465 e. The second kappa shape index (κ2) is 5.29. The molecular weight excluding hydrogens is 240 g/mol. The largest absolute Gasteiger partial charge is 0.465 e. The second-order valence-corrected chi connectivity index (χ2v) is 4.71. The van der Waals surface area contributed by atoms with Gasteiger partial charge >= 0.3 is 5.97 Å². The monoisotopic (exact) mass is 254 g/mol. The molecule has 1 saturated heterocycles. The van der Waals surface area contributed by atoms with Crippen LogP contribution in [0.25, 0.3) is 0 Å². The van der Waals surface area contributed by atoms with Crippen molar-refractivity contribution in [1.29, 1.82) is 0 Å². The number of anilines is 1. The Labute approximate surface area is 103 Å². The van der Waals surface area contributed by atoms with E-state index in [-0.39, 0.29) is 11.9 Å². The molecule has 1 unspecified atom stereocenters. The van der Waals surface area contributed by atoms with Crippen molar-refractivity contribution in [2.45, 2.75) is 18.9 Å². The lowest BCUT2D eigenvalue weighted by Crippen LogP contribution is -2.35. The maximum Gasteiger partial charge on any atom is 0.350 e. The molecule has 0 aromatic carbocycles. The quantitative estimate of drug-likeness (QED) is 0.796. The summed E-state index contributed by atoms with van der Waals surface area (Å²) in [6, 6.07) is 1.56. The number of carbonyl (C=O) groups is 2. The molecule has 2 rings (SSSR count). The fourth-order valence-electron chi connectivity index (χ4n) is 1.79. The Hall–Kier alpha value is -1.40. The van der Waals surface area contributed by atoms with Crippen molar-refractivity contribution in [3.63, 3.8) is 0 Å². The Morgan fingerprint density at radius 1 is 1.59 bits per heavy atom. The molecule has 1 fully saturated rings. The van der Waals surface area contributed by atoms with E-state index >= 15 is 0 Å². The third-order valence-corrected chi connectivity index (χ3v) is 3.57. The lowest BCUT2D eigenvalue weighted by Gasteiger charge is -2.10. The van der Waals surface area contributed by atoms with Gasteiger partial charge < -0.3 is 15.4 Å². The van der Waals surface area contributed by atoms with Crippen LogP contribution >= 0.6 is 11.3 Å². The fourth-order valence-corrected chi connectivity index (χ4v) is 2.55. The van der Waals surface area contributed by atoms with Gasteiger partial charge in [0.1, 0.15) is 4.88 Å². The van der Waals surface area contributed by atoms with Gasteiger partial charge in [0.05, 0.1) is 18.8 Å². The normalized spacial score (nSPS) is 19.0. The van der Waals surface area contributed by atoms with Gasteiger partial charge in [0, 0.05) is 0 Å². The molecule has 1 amide bonds. The molecule has 92 valence electrons. The highest BCUT2D eigenvalue weighted by Gasteiger charge is 2.24. The Bertz CT molecular complexity index is 424. The highest BCUT2D eigenvalue weighted by atomic mass is 32.1. The minimum atomic E-state index is -0.422. The number of methoxy groups -OCH3 is 1. The van der Waals surface area contributed by atoms with E-state index in [0.717, 1.165) is 19.4 Å². The van der Waals surface area contributed by atoms with Gasteiger partial charge in [-0.15, -0.1) is 11.3 Å². The van der Waals surface area contributed by atoms with E-state index in [1.807, 2.05) is 0 Å². The summed E-state index contributed by atoms with van der Waals surface area (Å²) in [6.45, 7) is 0.867. The molecule has 17 heavy (non-hydrogen) atoms. The SMILES string of the molecule is COC(=O)c1sccc1NC(=O)C1CCCN1. The lowest BCUT2D eigenvalue weighted by atomic mass is 10.2. The Balaban J connectivity index is 2.05. The molecule has 1 aromatic heterocycles. The van der Waals surface area contributed by atoms with Crippen LogP contribution in [0.5, 0.6) is 0 Å². The van der Waals surface area contributed by atoms with Gasteiger partial charge in [-0.1, -0.05) is 0 Å². The van der Waals surface area contributed by atoms with Crippen molar-refractivity contribution in [1.82, 2.24) is 5.32 Å². The second-order valence-electron chi connectivity index (χ2n) is 3.79. The molecular formula is C11H14N2O3S. The summed E-state index contributed by atoms with van der Waals surface area (Å²) in [5.74, 6) is -0.513. The fraction of sp³-hybridized carbons (Fsp3) is 0.455. The van der Waals surface area contributed by atoms with Crippen LogP contribution in [0.15, 0.2) is 11.4 Å². The molecule has 2 N–H and O–H groups in total. The third kappa shape index (κ3) is 2.65. The maximum atomic E-state index is 11.9. The molecule has 0 radical (unpaired) electrons. The van der Waals surface area contributed by atoms with Crippen molar-refractivity contribution in [2.75, 3.05) is 19.0 Å². The lowest BCUT2D eigenvalue weighted by molar-refractivity contribution is -0.117. The average Bonchev–Trinajstić information content (AvgIpc) is 2.98. The van der Waals surface area contributed by atoms with Crippen LogP contribution in [0, 0.1) is 0 Å². The predicted molar refractivity (Wildman–Crippen MR) is 65.3 cm³/mol. The first-order chi connectivity index (χ1) is 8.22. The van der Waals surface area contributed by atoms with Crippen LogP contribution < -0.4 is 10.6 Å². The van der Waals surface area contributed by atoms with Crippen LogP contribution in [0.3, 0.4) is 0 Å². The van der Waals surface area contributed by atoms with Crippen LogP contribution in [0.2, 0.25) is 0 Å². The van der Waals surface area contributed by atoms with Crippen LogP contribution in [0.4, 0.5) is 5.69 Å². The number of hydrogen-bond acceptors (Lipinski definition) is 5. The smallest absolute Gasteiger partial charge is 0.350 e. The number of hydrogen-bond donors (Lipinski definition) is 2. The summed E-state index contributed by atoms with van der Waals surface area (Å²) in [7, 11) is 1.33. The standard InChI is InChI=1S/C11H14N2O3S/c1-16-11(15)9-7(4-6-17-9)13-10(14)8-3-2-5-12-8/h4,6,8,12H,2-3,5H2,1H3,(H,13,14). The Morgan fingerprint density at radius 3 is 3.06 bits per heavy atom. The highest BCUT2D eigenvalue weighted by Crippen LogP contribution is 2.23. The topological polar surface area (TPSA) is 67.4 Å². The predicted octanol–water partition coefficient (Wildman–Crippen LogP) is 1.23. The van der Waals surface area contributed by atoms with Gasteiger partial charge in [-0.25, -0.2) is 4.79 Å². The van der Waals surface area contributed by atoms with Crippen LogP contribution in [-0.2, 0) is 9.53 Å².